The second kappa shape index (κ2) is 3.34. The van der Waals surface area contributed by atoms with Crippen molar-refractivity contribution >= 4 is 6.09 Å². The third-order valence-corrected chi connectivity index (χ3v) is 0.242. The molecule has 42 valence electrons. The number of nitrogens with two attached hydrogens (primary N) is 1. The first kappa shape index (κ1) is 6.15. The first-order chi connectivity index (χ1) is 3.27. The van der Waals surface area contributed by atoms with E-state index in [0.29, 0.717) is 0 Å². The summed E-state index contributed by atoms with van der Waals surface area (Å²) in [6.45, 7) is 0. The van der Waals surface area contributed by atoms with Gasteiger partial charge in [-0.25, -0.2) is 10.2 Å². The lowest BCUT2D eigenvalue weighted by atomic mass is 11.3. The highest BCUT2D eigenvalue weighted by Crippen LogP contribution is 1.46. The van der Waals surface area contributed by atoms with E-state index >= 15 is 0 Å². The topological polar surface area (TPSA) is 99.4 Å². The first-order valence-corrected chi connectivity index (χ1v) is 1.47. The molecule has 0 aliphatic heterocycles. The van der Waals surface area contributed by atoms with E-state index < -0.39 is 6.09 Å². The highest BCUT2D eigenvalue weighted by molar-refractivity contribution is 5.63. The Hall–Kier alpha value is -0.850. The maximum Gasteiger partial charge on any atom is 0.420 e. The van der Waals surface area contributed by atoms with Crippen LogP contribution in [0.4, 0.5) is 4.79 Å². The molecule has 6 nitrogen and oxygen atoms in total. The summed E-state index contributed by atoms with van der Waals surface area (Å²) in [4.78, 5) is 9.49. The zero-order chi connectivity index (χ0) is 5.70. The van der Waals surface area contributed by atoms with Crippen molar-refractivity contribution in [3.05, 3.63) is 0 Å². The summed E-state index contributed by atoms with van der Waals surface area (Å²) < 4.78 is 0. The highest BCUT2D eigenvalue weighted by atomic mass is 16.4. The van der Waals surface area contributed by atoms with Crippen molar-refractivity contribution in [2.45, 2.75) is 0 Å². The molecule has 0 saturated heterocycles. The molecule has 0 fully saturated rings. The second-order valence-corrected chi connectivity index (χ2v) is 0.699. The molecule has 0 spiro atoms. The Labute approximate surface area is 39.6 Å². The van der Waals surface area contributed by atoms with Crippen molar-refractivity contribution < 1.29 is 9.90 Å². The Morgan fingerprint density at radius 1 is 1.71 bits per heavy atom. The van der Waals surface area contributed by atoms with Crippen LogP contribution in [0, 0.1) is 0 Å². The summed E-state index contributed by atoms with van der Waals surface area (Å²) in [6, 6.07) is 0. The van der Waals surface area contributed by atoms with Crippen LogP contribution in [0.1, 0.15) is 0 Å². The van der Waals surface area contributed by atoms with Gasteiger partial charge in [0.05, 0.1) is 0 Å². The quantitative estimate of drug-likeness (QED) is 0.210. The van der Waals surface area contributed by atoms with Gasteiger partial charge in [0.25, 0.3) is 0 Å². The Balaban J connectivity index is 2.82. The van der Waals surface area contributed by atoms with Crippen molar-refractivity contribution in [2.24, 2.45) is 5.84 Å². The van der Waals surface area contributed by atoms with E-state index in [1.165, 1.54) is 0 Å². The Morgan fingerprint density at radius 3 is 2.43 bits per heavy atom. The predicted octanol–water partition coefficient (Wildman–Crippen LogP) is -1.86. The van der Waals surface area contributed by atoms with Crippen LogP contribution in [0.2, 0.25) is 0 Å². The molecule has 0 aliphatic rings. The van der Waals surface area contributed by atoms with E-state index in [1.807, 2.05) is 11.1 Å². The van der Waals surface area contributed by atoms with Gasteiger partial charge in [-0.1, -0.05) is 0 Å². The van der Waals surface area contributed by atoms with E-state index in [2.05, 4.69) is 5.84 Å². The molecule has 6 heteroatoms. The van der Waals surface area contributed by atoms with Crippen LogP contribution < -0.4 is 22.3 Å². The van der Waals surface area contributed by atoms with Gasteiger partial charge in [0.15, 0.2) is 0 Å². The summed E-state index contributed by atoms with van der Waals surface area (Å²) in [5, 5.41) is 7.78. The molecule has 0 unspecified atom stereocenters. The summed E-state index contributed by atoms with van der Waals surface area (Å²) in [7, 11) is 0. The van der Waals surface area contributed by atoms with Crippen molar-refractivity contribution in [3.8, 4) is 0 Å². The van der Waals surface area contributed by atoms with Crippen molar-refractivity contribution in [1.82, 2.24) is 16.5 Å². The zero-order valence-electron chi connectivity index (χ0n) is 3.43. The smallest absolute Gasteiger partial charge is 0.420 e. The van der Waals surface area contributed by atoms with Crippen molar-refractivity contribution in [3.63, 3.8) is 0 Å². The number of carboxylic acid groups (broad SMARTS) is 1. The molecule has 7 heavy (non-hydrogen) atoms. The minimum Gasteiger partial charge on any atom is -0.464 e. The summed E-state index contributed by atoms with van der Waals surface area (Å²) >= 11 is 0. The minimum absolute atomic E-state index is 1.20. The maximum absolute atomic E-state index is 9.49. The molecular formula is CH6N4O2. The molecule has 0 radical (unpaired) electrons. The average Bonchev–Trinajstić information content (AvgIpc) is 1.61. The number of rotatable bonds is 2. The van der Waals surface area contributed by atoms with Gasteiger partial charge in [-0.2, -0.15) is 11.1 Å². The fraction of sp³-hybridized carbons (Fsp3) is 0. The maximum atomic E-state index is 9.49. The number of nitrogens with one attached hydrogen (secondary N) is 3. The zero-order valence-corrected chi connectivity index (χ0v) is 3.43. The van der Waals surface area contributed by atoms with Crippen LogP contribution in [0.3, 0.4) is 0 Å². The Bertz CT molecular complexity index is 62.7. The van der Waals surface area contributed by atoms with Crippen molar-refractivity contribution in [2.75, 3.05) is 0 Å². The normalized spacial score (nSPS) is 8.14. The van der Waals surface area contributed by atoms with E-state index in [9.17, 15) is 4.79 Å². The standard InChI is InChI=1S/CH6N4O2/c2-4-5-3-1(6)7/h3-5H,2H2,(H,6,7). The molecule has 6 N–H and O–H groups in total. The molecule has 1 amide bonds. The Morgan fingerprint density at radius 2 is 2.29 bits per heavy atom. The summed E-state index contributed by atoms with van der Waals surface area (Å²) in [5.41, 5.74) is 5.51. The fourth-order valence-electron chi connectivity index (χ4n) is 0.0896. The molecule has 0 bridgehead atoms. The molecular weight excluding hydrogens is 100 g/mol. The lowest BCUT2D eigenvalue weighted by Gasteiger charge is -1.96. The van der Waals surface area contributed by atoms with Crippen molar-refractivity contribution in [1.29, 1.82) is 0 Å². The molecule has 0 heterocycles. The van der Waals surface area contributed by atoms with Crippen LogP contribution in [-0.4, -0.2) is 11.2 Å². The fourth-order valence-corrected chi connectivity index (χ4v) is 0.0896. The number of hydrogen-bond acceptors (Lipinski definition) is 4. The lowest BCUT2D eigenvalue weighted by molar-refractivity contribution is 0.186. The van der Waals surface area contributed by atoms with Gasteiger partial charge in [-0.15, -0.1) is 0 Å². The van der Waals surface area contributed by atoms with E-state index in [1.54, 1.807) is 5.43 Å². The number of carbonyl (C=O) groups is 1. The van der Waals surface area contributed by atoms with Crippen LogP contribution >= 0.6 is 0 Å². The monoisotopic (exact) mass is 106 g/mol. The summed E-state index contributed by atoms with van der Waals surface area (Å²) in [5.74, 6) is 4.59. The van der Waals surface area contributed by atoms with Gasteiger partial charge in [-0.3, -0.25) is 5.84 Å². The molecule has 0 aromatic heterocycles. The number of hydrogen-bond donors (Lipinski definition) is 5. The highest BCUT2D eigenvalue weighted by Gasteiger charge is 1.84. The van der Waals surface area contributed by atoms with Gasteiger partial charge in [0, 0.05) is 0 Å². The molecule has 0 saturated carbocycles. The second-order valence-electron chi connectivity index (χ2n) is 0.699. The average molecular weight is 106 g/mol. The third kappa shape index (κ3) is 5.15. The van der Waals surface area contributed by atoms with Gasteiger partial charge in [0.1, 0.15) is 0 Å². The molecule has 0 aromatic carbocycles. The van der Waals surface area contributed by atoms with E-state index in [0.717, 1.165) is 0 Å². The van der Waals surface area contributed by atoms with Gasteiger partial charge < -0.3 is 5.11 Å². The molecule has 0 rings (SSSR count). The third-order valence-electron chi connectivity index (χ3n) is 0.242. The summed E-state index contributed by atoms with van der Waals surface area (Å²) in [6.07, 6.45) is -1.20. The van der Waals surface area contributed by atoms with Gasteiger partial charge in [0.2, 0.25) is 0 Å². The molecule has 0 aliphatic carbocycles. The van der Waals surface area contributed by atoms with Crippen LogP contribution in [0.5, 0.6) is 0 Å². The SMILES string of the molecule is NNNNC(=O)O. The Kier molecular flexibility index (Phi) is 2.94. The lowest BCUT2D eigenvalue weighted by Crippen LogP contribution is -2.49. The molecule has 0 atom stereocenters. The minimum atomic E-state index is -1.20. The number of amides is 1. The van der Waals surface area contributed by atoms with Gasteiger partial charge >= 0.3 is 6.09 Å². The van der Waals surface area contributed by atoms with E-state index in [-0.39, 0.29) is 0 Å². The van der Waals surface area contributed by atoms with E-state index in [4.69, 9.17) is 5.11 Å². The number of hydrazine groups is 3. The van der Waals surface area contributed by atoms with Crippen LogP contribution in [0.25, 0.3) is 0 Å². The largest absolute Gasteiger partial charge is 0.464 e. The predicted molar refractivity (Wildman–Crippen MR) is 21.6 cm³/mol. The van der Waals surface area contributed by atoms with Gasteiger partial charge in [-0.05, 0) is 0 Å². The van der Waals surface area contributed by atoms with Crippen LogP contribution in [-0.2, 0) is 0 Å². The first-order valence-electron chi connectivity index (χ1n) is 1.47. The van der Waals surface area contributed by atoms with Crippen LogP contribution in [0.15, 0.2) is 0 Å². The molecule has 0 aromatic rings.